The van der Waals surface area contributed by atoms with Crippen LogP contribution in [0.4, 0.5) is 10.1 Å². The van der Waals surface area contributed by atoms with E-state index in [1.807, 2.05) is 13.8 Å². The van der Waals surface area contributed by atoms with Crippen LogP contribution in [0.15, 0.2) is 18.2 Å². The van der Waals surface area contributed by atoms with Crippen LogP contribution in [0.1, 0.15) is 13.8 Å². The third-order valence-corrected chi connectivity index (χ3v) is 1.98. The first-order chi connectivity index (χ1) is 6.38. The summed E-state index contributed by atoms with van der Waals surface area (Å²) in [5.41, 5.74) is 6.16. The van der Waals surface area contributed by atoms with Crippen LogP contribution in [0.25, 0.3) is 0 Å². The Morgan fingerprint density at radius 2 is 2.14 bits per heavy atom. The van der Waals surface area contributed by atoms with Gasteiger partial charge in [0.25, 0.3) is 0 Å². The van der Waals surface area contributed by atoms with Crippen molar-refractivity contribution in [1.29, 1.82) is 0 Å². The van der Waals surface area contributed by atoms with E-state index in [-0.39, 0.29) is 11.4 Å². The van der Waals surface area contributed by atoms with Crippen LogP contribution in [-0.4, -0.2) is 12.1 Å². The summed E-state index contributed by atoms with van der Waals surface area (Å²) in [6, 6.07) is 4.23. The lowest BCUT2D eigenvalue weighted by atomic mass is 10.1. The van der Waals surface area contributed by atoms with Crippen LogP contribution in [-0.2, 0) is 0 Å². The zero-order valence-corrected chi connectivity index (χ0v) is 9.03. The summed E-state index contributed by atoms with van der Waals surface area (Å²) in [5.74, 6) is -0.340. The summed E-state index contributed by atoms with van der Waals surface area (Å²) < 4.78 is 12.7. The molecule has 1 rings (SSSR count). The van der Waals surface area contributed by atoms with E-state index in [0.717, 1.165) is 0 Å². The lowest BCUT2D eigenvalue weighted by Crippen LogP contribution is -2.39. The molecule has 0 bridgehead atoms. The van der Waals surface area contributed by atoms with Crippen LogP contribution < -0.4 is 11.1 Å². The number of hydrogen-bond donors (Lipinski definition) is 2. The van der Waals surface area contributed by atoms with Gasteiger partial charge < -0.3 is 11.1 Å². The number of anilines is 1. The molecule has 14 heavy (non-hydrogen) atoms. The molecule has 2 nitrogen and oxygen atoms in total. The zero-order valence-electron chi connectivity index (χ0n) is 8.27. The van der Waals surface area contributed by atoms with E-state index in [1.165, 1.54) is 12.1 Å². The Morgan fingerprint density at radius 3 is 2.64 bits per heavy atom. The summed E-state index contributed by atoms with van der Waals surface area (Å²) in [7, 11) is 0. The van der Waals surface area contributed by atoms with Gasteiger partial charge in [-0.3, -0.25) is 0 Å². The molecule has 0 atom stereocenters. The van der Waals surface area contributed by atoms with Crippen LogP contribution in [0.3, 0.4) is 0 Å². The summed E-state index contributed by atoms with van der Waals surface area (Å²) >= 11 is 5.82. The van der Waals surface area contributed by atoms with E-state index in [9.17, 15) is 4.39 Å². The maximum Gasteiger partial charge on any atom is 0.124 e. The molecule has 0 fully saturated rings. The van der Waals surface area contributed by atoms with Crippen molar-refractivity contribution in [2.75, 3.05) is 11.9 Å². The Hall–Kier alpha value is -0.800. The largest absolute Gasteiger partial charge is 0.382 e. The van der Waals surface area contributed by atoms with Gasteiger partial charge in [-0.2, -0.15) is 0 Å². The standard InChI is InChI=1S/C10H14ClFN2/c1-10(2,13)6-14-9-4-3-7(12)5-8(9)11/h3-5,14H,6,13H2,1-2H3. The topological polar surface area (TPSA) is 38.0 Å². The van der Waals surface area contributed by atoms with Gasteiger partial charge in [0.1, 0.15) is 5.82 Å². The highest BCUT2D eigenvalue weighted by atomic mass is 35.5. The van der Waals surface area contributed by atoms with Crippen molar-refractivity contribution < 1.29 is 4.39 Å². The van der Waals surface area contributed by atoms with Gasteiger partial charge in [-0.05, 0) is 32.0 Å². The van der Waals surface area contributed by atoms with Crippen molar-refractivity contribution in [2.24, 2.45) is 5.73 Å². The molecule has 0 heterocycles. The number of nitrogens with two attached hydrogens (primary N) is 1. The summed E-state index contributed by atoms with van der Waals surface area (Å²) in [5, 5.41) is 3.43. The van der Waals surface area contributed by atoms with E-state index in [0.29, 0.717) is 17.3 Å². The Labute approximate surface area is 88.2 Å². The second kappa shape index (κ2) is 4.15. The molecule has 1 aromatic rings. The molecule has 0 aliphatic carbocycles. The maximum atomic E-state index is 12.7. The Bertz CT molecular complexity index is 320. The van der Waals surface area contributed by atoms with Gasteiger partial charge in [0.15, 0.2) is 0 Å². The zero-order chi connectivity index (χ0) is 10.8. The lowest BCUT2D eigenvalue weighted by Gasteiger charge is -2.20. The molecule has 78 valence electrons. The molecule has 4 heteroatoms. The molecule has 0 radical (unpaired) electrons. The van der Waals surface area contributed by atoms with Gasteiger partial charge in [0.2, 0.25) is 0 Å². The van der Waals surface area contributed by atoms with E-state index in [4.69, 9.17) is 17.3 Å². The lowest BCUT2D eigenvalue weighted by molar-refractivity contribution is 0.549. The normalized spacial score (nSPS) is 11.5. The van der Waals surface area contributed by atoms with Crippen molar-refractivity contribution >= 4 is 17.3 Å². The highest BCUT2D eigenvalue weighted by Gasteiger charge is 2.10. The fourth-order valence-electron chi connectivity index (χ4n) is 0.956. The van der Waals surface area contributed by atoms with Crippen LogP contribution >= 0.6 is 11.6 Å². The quantitative estimate of drug-likeness (QED) is 0.815. The molecule has 0 amide bonds. The summed E-state index contributed by atoms with van der Waals surface area (Å²) in [6.07, 6.45) is 0. The van der Waals surface area contributed by atoms with Crippen molar-refractivity contribution in [3.63, 3.8) is 0 Å². The number of benzene rings is 1. The maximum absolute atomic E-state index is 12.7. The van der Waals surface area contributed by atoms with Gasteiger partial charge in [0, 0.05) is 12.1 Å². The van der Waals surface area contributed by atoms with Crippen molar-refractivity contribution in [2.45, 2.75) is 19.4 Å². The van der Waals surface area contributed by atoms with Gasteiger partial charge >= 0.3 is 0 Å². The Balaban J connectivity index is 2.68. The number of nitrogens with one attached hydrogen (secondary N) is 1. The number of halogens is 2. The minimum atomic E-state index is -0.340. The van der Waals surface area contributed by atoms with Gasteiger partial charge in [-0.25, -0.2) is 4.39 Å². The molecular formula is C10H14ClFN2. The third kappa shape index (κ3) is 3.52. The predicted molar refractivity (Wildman–Crippen MR) is 58.2 cm³/mol. The minimum Gasteiger partial charge on any atom is -0.382 e. The van der Waals surface area contributed by atoms with Crippen molar-refractivity contribution in [3.8, 4) is 0 Å². The average molecular weight is 217 g/mol. The Kier molecular flexibility index (Phi) is 3.34. The monoisotopic (exact) mass is 216 g/mol. The molecular weight excluding hydrogens is 203 g/mol. The van der Waals surface area contributed by atoms with E-state index >= 15 is 0 Å². The molecule has 0 aliphatic rings. The fourth-order valence-corrected chi connectivity index (χ4v) is 1.19. The number of rotatable bonds is 3. The molecule has 0 spiro atoms. The fraction of sp³-hybridized carbons (Fsp3) is 0.400. The third-order valence-electron chi connectivity index (χ3n) is 1.67. The van der Waals surface area contributed by atoms with Crippen molar-refractivity contribution in [3.05, 3.63) is 29.0 Å². The first-order valence-corrected chi connectivity index (χ1v) is 4.74. The van der Waals surface area contributed by atoms with Crippen LogP contribution in [0.5, 0.6) is 0 Å². The van der Waals surface area contributed by atoms with E-state index < -0.39 is 0 Å². The highest BCUT2D eigenvalue weighted by molar-refractivity contribution is 6.33. The SMILES string of the molecule is CC(C)(N)CNc1ccc(F)cc1Cl. The molecule has 0 aromatic heterocycles. The number of hydrogen-bond acceptors (Lipinski definition) is 2. The molecule has 0 aliphatic heterocycles. The molecule has 0 saturated carbocycles. The van der Waals surface area contributed by atoms with Gasteiger partial charge in [-0.1, -0.05) is 11.6 Å². The second-order valence-electron chi connectivity index (χ2n) is 3.97. The highest BCUT2D eigenvalue weighted by Crippen LogP contribution is 2.22. The van der Waals surface area contributed by atoms with Gasteiger partial charge in [-0.15, -0.1) is 0 Å². The summed E-state index contributed by atoms with van der Waals surface area (Å²) in [6.45, 7) is 4.38. The summed E-state index contributed by atoms with van der Waals surface area (Å²) in [4.78, 5) is 0. The molecule has 0 saturated heterocycles. The first-order valence-electron chi connectivity index (χ1n) is 4.36. The van der Waals surface area contributed by atoms with E-state index in [1.54, 1.807) is 6.07 Å². The second-order valence-corrected chi connectivity index (χ2v) is 4.37. The molecule has 0 unspecified atom stereocenters. The van der Waals surface area contributed by atoms with Crippen LogP contribution in [0.2, 0.25) is 5.02 Å². The Morgan fingerprint density at radius 1 is 1.50 bits per heavy atom. The molecule has 1 aromatic carbocycles. The predicted octanol–water partition coefficient (Wildman–Crippen LogP) is 2.63. The van der Waals surface area contributed by atoms with Crippen LogP contribution in [0, 0.1) is 5.82 Å². The van der Waals surface area contributed by atoms with E-state index in [2.05, 4.69) is 5.32 Å². The van der Waals surface area contributed by atoms with Gasteiger partial charge in [0.05, 0.1) is 10.7 Å². The molecule has 3 N–H and O–H groups in total. The smallest absolute Gasteiger partial charge is 0.124 e. The average Bonchev–Trinajstić information content (AvgIpc) is 2.00. The minimum absolute atomic E-state index is 0.322. The first kappa shape index (κ1) is 11.3. The van der Waals surface area contributed by atoms with Crippen molar-refractivity contribution in [1.82, 2.24) is 0 Å².